The molecule has 0 radical (unpaired) electrons. The monoisotopic (exact) mass is 273 g/mol. The van der Waals surface area contributed by atoms with Crippen molar-refractivity contribution in [1.82, 2.24) is 10.6 Å². The largest absolute Gasteiger partial charge is 0.481 e. The summed E-state index contributed by atoms with van der Waals surface area (Å²) in [4.78, 5) is 33.6. The third kappa shape index (κ3) is 6.76. The van der Waals surface area contributed by atoms with E-state index in [0.717, 1.165) is 0 Å². The van der Waals surface area contributed by atoms with E-state index in [1.807, 2.05) is 13.8 Å². The van der Waals surface area contributed by atoms with Crippen LogP contribution in [0.5, 0.6) is 0 Å². The van der Waals surface area contributed by atoms with Crippen LogP contribution in [0.1, 0.15) is 27.2 Å². The predicted molar refractivity (Wildman–Crippen MR) is 70.2 cm³/mol. The molecule has 0 aromatic carbocycles. The molecule has 1 unspecified atom stereocenters. The third-order valence-electron chi connectivity index (χ3n) is 2.83. The molecular weight excluding hydrogens is 250 g/mol. The van der Waals surface area contributed by atoms with Gasteiger partial charge in [0, 0.05) is 6.54 Å². The van der Waals surface area contributed by atoms with Crippen molar-refractivity contribution in [3.05, 3.63) is 0 Å². The standard InChI is InChI=1S/C12H23N3O4/c1-4-8(12(18)19)5-14-9(16)6-15-11(17)10(13)7(2)3/h7-8,10H,4-6,13H2,1-3H3,(H,14,16)(H,15,17)(H,18,19)/t8?,10-/m0/s1. The first-order valence-electron chi connectivity index (χ1n) is 6.32. The Morgan fingerprint density at radius 2 is 1.79 bits per heavy atom. The average molecular weight is 273 g/mol. The van der Waals surface area contributed by atoms with Gasteiger partial charge in [0.15, 0.2) is 0 Å². The van der Waals surface area contributed by atoms with Gasteiger partial charge in [0.05, 0.1) is 18.5 Å². The molecule has 0 aromatic heterocycles. The second kappa shape index (κ2) is 8.47. The highest BCUT2D eigenvalue weighted by molar-refractivity contribution is 5.87. The molecule has 2 amide bonds. The van der Waals surface area contributed by atoms with Crippen LogP contribution in [0.3, 0.4) is 0 Å². The van der Waals surface area contributed by atoms with E-state index in [4.69, 9.17) is 10.8 Å². The van der Waals surface area contributed by atoms with Gasteiger partial charge in [-0.1, -0.05) is 20.8 Å². The molecule has 0 bridgehead atoms. The fraction of sp³-hybridized carbons (Fsp3) is 0.750. The van der Waals surface area contributed by atoms with Crippen LogP contribution in [0.4, 0.5) is 0 Å². The Balaban J connectivity index is 4.00. The van der Waals surface area contributed by atoms with Gasteiger partial charge < -0.3 is 21.5 Å². The smallest absolute Gasteiger partial charge is 0.308 e. The van der Waals surface area contributed by atoms with Crippen molar-refractivity contribution in [3.63, 3.8) is 0 Å². The maximum absolute atomic E-state index is 11.5. The highest BCUT2D eigenvalue weighted by atomic mass is 16.4. The fourth-order valence-electron chi connectivity index (χ4n) is 1.29. The van der Waals surface area contributed by atoms with Crippen LogP contribution in [0.2, 0.25) is 0 Å². The summed E-state index contributed by atoms with van der Waals surface area (Å²) in [5.41, 5.74) is 5.61. The highest BCUT2D eigenvalue weighted by Crippen LogP contribution is 2.00. The molecule has 0 aliphatic heterocycles. The molecule has 19 heavy (non-hydrogen) atoms. The summed E-state index contributed by atoms with van der Waals surface area (Å²) in [6, 6.07) is -0.657. The number of nitrogens with one attached hydrogen (secondary N) is 2. The maximum Gasteiger partial charge on any atom is 0.308 e. The number of amides is 2. The molecule has 110 valence electrons. The van der Waals surface area contributed by atoms with Crippen molar-refractivity contribution < 1.29 is 19.5 Å². The van der Waals surface area contributed by atoms with E-state index in [-0.39, 0.29) is 19.0 Å². The number of carboxylic acids is 1. The summed E-state index contributed by atoms with van der Waals surface area (Å²) in [5, 5.41) is 13.7. The van der Waals surface area contributed by atoms with Crippen LogP contribution in [-0.2, 0) is 14.4 Å². The zero-order valence-electron chi connectivity index (χ0n) is 11.6. The maximum atomic E-state index is 11.5. The molecule has 7 nitrogen and oxygen atoms in total. The van der Waals surface area contributed by atoms with Gasteiger partial charge in [-0.25, -0.2) is 0 Å². The van der Waals surface area contributed by atoms with E-state index in [1.165, 1.54) is 0 Å². The van der Waals surface area contributed by atoms with Gasteiger partial charge in [0.2, 0.25) is 11.8 Å². The molecule has 0 saturated heterocycles. The number of hydrogen-bond acceptors (Lipinski definition) is 4. The number of carbonyl (C=O) groups is 3. The summed E-state index contributed by atoms with van der Waals surface area (Å²) >= 11 is 0. The minimum atomic E-state index is -0.950. The molecule has 0 aliphatic carbocycles. The number of aliphatic carboxylic acids is 1. The number of carboxylic acid groups (broad SMARTS) is 1. The summed E-state index contributed by atoms with van der Waals surface area (Å²) in [6.45, 7) is 5.20. The number of carbonyl (C=O) groups excluding carboxylic acids is 2. The van der Waals surface area contributed by atoms with Crippen molar-refractivity contribution >= 4 is 17.8 Å². The van der Waals surface area contributed by atoms with Crippen molar-refractivity contribution in [3.8, 4) is 0 Å². The van der Waals surface area contributed by atoms with E-state index in [2.05, 4.69) is 10.6 Å². The lowest BCUT2D eigenvalue weighted by atomic mass is 10.1. The number of nitrogens with two attached hydrogens (primary N) is 1. The minimum Gasteiger partial charge on any atom is -0.481 e. The molecule has 0 rings (SSSR count). The molecule has 0 saturated carbocycles. The Labute approximate surface area is 112 Å². The van der Waals surface area contributed by atoms with E-state index in [1.54, 1.807) is 6.92 Å². The van der Waals surface area contributed by atoms with Crippen LogP contribution in [0, 0.1) is 11.8 Å². The van der Waals surface area contributed by atoms with Crippen molar-refractivity contribution in [2.75, 3.05) is 13.1 Å². The molecule has 5 N–H and O–H groups in total. The SMILES string of the molecule is CCC(CNC(=O)CNC(=O)[C@@H](N)C(C)C)C(=O)O. The topological polar surface area (TPSA) is 122 Å². The van der Waals surface area contributed by atoms with Crippen molar-refractivity contribution in [2.45, 2.75) is 33.2 Å². The quantitative estimate of drug-likeness (QED) is 0.466. The van der Waals surface area contributed by atoms with Crippen LogP contribution in [0.25, 0.3) is 0 Å². The molecule has 0 aromatic rings. The van der Waals surface area contributed by atoms with Gasteiger partial charge in [0.1, 0.15) is 0 Å². The summed E-state index contributed by atoms with van der Waals surface area (Å²) in [7, 11) is 0. The molecule has 0 heterocycles. The second-order valence-electron chi connectivity index (χ2n) is 4.74. The second-order valence-corrected chi connectivity index (χ2v) is 4.74. The average Bonchev–Trinajstić information content (AvgIpc) is 2.35. The molecule has 7 heteroatoms. The Morgan fingerprint density at radius 3 is 2.21 bits per heavy atom. The summed E-state index contributed by atoms with van der Waals surface area (Å²) < 4.78 is 0. The van der Waals surface area contributed by atoms with Gasteiger partial charge in [0.25, 0.3) is 0 Å². The van der Waals surface area contributed by atoms with Gasteiger partial charge >= 0.3 is 5.97 Å². The molecule has 2 atom stereocenters. The van der Waals surface area contributed by atoms with Gasteiger partial charge in [-0.15, -0.1) is 0 Å². The fourth-order valence-corrected chi connectivity index (χ4v) is 1.29. The van der Waals surface area contributed by atoms with E-state index in [0.29, 0.717) is 6.42 Å². The van der Waals surface area contributed by atoms with Gasteiger partial charge in [-0.2, -0.15) is 0 Å². The Kier molecular flexibility index (Phi) is 7.74. The van der Waals surface area contributed by atoms with Crippen LogP contribution < -0.4 is 16.4 Å². The zero-order valence-corrected chi connectivity index (χ0v) is 11.6. The Hall–Kier alpha value is -1.63. The molecule has 0 spiro atoms. The lowest BCUT2D eigenvalue weighted by Gasteiger charge is -2.15. The van der Waals surface area contributed by atoms with E-state index >= 15 is 0 Å². The molecule has 0 fully saturated rings. The Bertz CT molecular complexity index is 331. The number of hydrogen-bond donors (Lipinski definition) is 4. The van der Waals surface area contributed by atoms with Crippen molar-refractivity contribution in [2.24, 2.45) is 17.6 Å². The van der Waals surface area contributed by atoms with Crippen LogP contribution in [-0.4, -0.2) is 42.0 Å². The summed E-state index contributed by atoms with van der Waals surface area (Å²) in [6.07, 6.45) is 0.431. The Morgan fingerprint density at radius 1 is 1.21 bits per heavy atom. The predicted octanol–water partition coefficient (Wildman–Crippen LogP) is -0.687. The number of rotatable bonds is 8. The zero-order chi connectivity index (χ0) is 15.0. The normalized spacial score (nSPS) is 13.7. The van der Waals surface area contributed by atoms with Gasteiger partial charge in [-0.05, 0) is 12.3 Å². The third-order valence-corrected chi connectivity index (χ3v) is 2.83. The van der Waals surface area contributed by atoms with Crippen LogP contribution in [0.15, 0.2) is 0 Å². The van der Waals surface area contributed by atoms with E-state index < -0.39 is 29.7 Å². The van der Waals surface area contributed by atoms with Crippen molar-refractivity contribution in [1.29, 1.82) is 0 Å². The lowest BCUT2D eigenvalue weighted by molar-refractivity contribution is -0.141. The minimum absolute atomic E-state index is 0.0143. The molecular formula is C12H23N3O4. The lowest BCUT2D eigenvalue weighted by Crippen LogP contribution is -2.47. The first kappa shape index (κ1) is 17.4. The highest BCUT2D eigenvalue weighted by Gasteiger charge is 2.19. The first-order valence-corrected chi connectivity index (χ1v) is 6.32. The first-order chi connectivity index (χ1) is 8.79. The van der Waals surface area contributed by atoms with Gasteiger partial charge in [-0.3, -0.25) is 14.4 Å². The van der Waals surface area contributed by atoms with Crippen LogP contribution >= 0.6 is 0 Å². The summed E-state index contributed by atoms with van der Waals surface area (Å²) in [5.74, 6) is -2.40. The van der Waals surface area contributed by atoms with E-state index in [9.17, 15) is 14.4 Å². The molecule has 0 aliphatic rings.